The quantitative estimate of drug-likeness (QED) is 0.530. The summed E-state index contributed by atoms with van der Waals surface area (Å²) in [6.45, 7) is 4.86. The third-order valence-electron chi connectivity index (χ3n) is 5.45. The van der Waals surface area contributed by atoms with Crippen molar-refractivity contribution in [2.45, 2.75) is 38.6 Å². The van der Waals surface area contributed by atoms with Crippen LogP contribution in [0.2, 0.25) is 5.02 Å². The highest BCUT2D eigenvalue weighted by Crippen LogP contribution is 2.31. The second kappa shape index (κ2) is 8.87. The van der Waals surface area contributed by atoms with Crippen molar-refractivity contribution in [2.75, 3.05) is 19.7 Å². The van der Waals surface area contributed by atoms with Crippen LogP contribution in [-0.4, -0.2) is 40.1 Å². The SMILES string of the molecule is CCCCN1C[C@@H](c2nc3ccccc3n2CCOc2ccccc2Cl)CC1=O. The lowest BCUT2D eigenvalue weighted by atomic mass is 10.1. The molecule has 1 aliphatic heterocycles. The largest absolute Gasteiger partial charge is 0.490 e. The van der Waals surface area contributed by atoms with Gasteiger partial charge in [0.1, 0.15) is 18.2 Å². The summed E-state index contributed by atoms with van der Waals surface area (Å²) in [5.74, 6) is 2.00. The minimum absolute atomic E-state index is 0.118. The third-order valence-corrected chi connectivity index (χ3v) is 5.77. The number of aromatic nitrogens is 2. The Kier molecular flexibility index (Phi) is 6.05. The Morgan fingerprint density at radius 3 is 2.76 bits per heavy atom. The lowest BCUT2D eigenvalue weighted by Crippen LogP contribution is -2.26. The first-order valence-corrected chi connectivity index (χ1v) is 10.7. The molecule has 6 heteroatoms. The first-order valence-electron chi connectivity index (χ1n) is 10.3. The second-order valence-electron chi connectivity index (χ2n) is 7.48. The number of nitrogens with zero attached hydrogens (tertiary/aromatic N) is 3. The Balaban J connectivity index is 1.55. The number of amides is 1. The lowest BCUT2D eigenvalue weighted by Gasteiger charge is -2.17. The summed E-state index contributed by atoms with van der Waals surface area (Å²) in [5, 5.41) is 0.608. The van der Waals surface area contributed by atoms with Gasteiger partial charge >= 0.3 is 0 Å². The van der Waals surface area contributed by atoms with Gasteiger partial charge in [-0.2, -0.15) is 0 Å². The molecule has 5 nitrogen and oxygen atoms in total. The van der Waals surface area contributed by atoms with Crippen molar-refractivity contribution in [1.82, 2.24) is 14.5 Å². The molecule has 2 aromatic carbocycles. The van der Waals surface area contributed by atoms with Gasteiger partial charge in [-0.05, 0) is 30.7 Å². The highest BCUT2D eigenvalue weighted by Gasteiger charge is 2.33. The second-order valence-corrected chi connectivity index (χ2v) is 7.89. The van der Waals surface area contributed by atoms with E-state index in [1.54, 1.807) is 0 Å². The van der Waals surface area contributed by atoms with Crippen LogP contribution in [0.1, 0.15) is 37.9 Å². The van der Waals surface area contributed by atoms with Crippen LogP contribution in [0.5, 0.6) is 5.75 Å². The summed E-state index contributed by atoms with van der Waals surface area (Å²) in [5.41, 5.74) is 2.03. The molecule has 0 saturated carbocycles. The Bertz CT molecular complexity index is 1000. The molecule has 1 aromatic heterocycles. The number of rotatable bonds is 8. The van der Waals surface area contributed by atoms with Crippen LogP contribution in [0.15, 0.2) is 48.5 Å². The zero-order valence-electron chi connectivity index (χ0n) is 16.7. The van der Waals surface area contributed by atoms with Crippen molar-refractivity contribution in [3.05, 3.63) is 59.4 Å². The van der Waals surface area contributed by atoms with Gasteiger partial charge in [-0.25, -0.2) is 4.98 Å². The van der Waals surface area contributed by atoms with Gasteiger partial charge in [0.05, 0.1) is 22.6 Å². The van der Waals surface area contributed by atoms with E-state index in [-0.39, 0.29) is 11.8 Å². The molecule has 3 aromatic rings. The molecular formula is C23H26ClN3O2. The number of hydrogen-bond acceptors (Lipinski definition) is 3. The molecule has 1 amide bonds. The molecule has 152 valence electrons. The van der Waals surface area contributed by atoms with Crippen LogP contribution < -0.4 is 4.74 Å². The number of unbranched alkanes of at least 4 members (excludes halogenated alkanes) is 1. The van der Waals surface area contributed by atoms with E-state index in [1.165, 1.54) is 0 Å². The summed E-state index contributed by atoms with van der Waals surface area (Å²) in [6, 6.07) is 15.6. The highest BCUT2D eigenvalue weighted by molar-refractivity contribution is 6.32. The zero-order valence-corrected chi connectivity index (χ0v) is 17.4. The molecule has 0 aliphatic carbocycles. The van der Waals surface area contributed by atoms with E-state index in [2.05, 4.69) is 17.6 Å². The Morgan fingerprint density at radius 2 is 1.93 bits per heavy atom. The average Bonchev–Trinajstić information content (AvgIpc) is 3.28. The molecule has 0 N–H and O–H groups in total. The zero-order chi connectivity index (χ0) is 20.2. The van der Waals surface area contributed by atoms with Crippen LogP contribution in [0, 0.1) is 0 Å². The molecule has 4 rings (SSSR count). The van der Waals surface area contributed by atoms with Crippen molar-refractivity contribution < 1.29 is 9.53 Å². The lowest BCUT2D eigenvalue weighted by molar-refractivity contribution is -0.127. The maximum Gasteiger partial charge on any atom is 0.223 e. The fraction of sp³-hybridized carbons (Fsp3) is 0.391. The van der Waals surface area contributed by atoms with Crippen molar-refractivity contribution in [3.8, 4) is 5.75 Å². The predicted octanol–water partition coefficient (Wildman–Crippen LogP) is 4.88. The third kappa shape index (κ3) is 4.25. The normalized spacial score (nSPS) is 16.7. The molecule has 0 unspecified atom stereocenters. The molecular weight excluding hydrogens is 386 g/mol. The fourth-order valence-electron chi connectivity index (χ4n) is 3.96. The number of hydrogen-bond donors (Lipinski definition) is 0. The van der Waals surface area contributed by atoms with Gasteiger partial charge in [-0.3, -0.25) is 4.79 Å². The van der Waals surface area contributed by atoms with Crippen molar-refractivity contribution in [3.63, 3.8) is 0 Å². The van der Waals surface area contributed by atoms with E-state index < -0.39 is 0 Å². The van der Waals surface area contributed by atoms with Gasteiger partial charge in [0, 0.05) is 25.4 Å². The van der Waals surface area contributed by atoms with Crippen LogP contribution in [0.4, 0.5) is 0 Å². The summed E-state index contributed by atoms with van der Waals surface area (Å²) in [6.07, 6.45) is 2.66. The number of likely N-dealkylation sites (tertiary alicyclic amines) is 1. The van der Waals surface area contributed by atoms with Crippen LogP contribution in [0.25, 0.3) is 11.0 Å². The van der Waals surface area contributed by atoms with Crippen LogP contribution >= 0.6 is 11.6 Å². The van der Waals surface area contributed by atoms with E-state index >= 15 is 0 Å². The van der Waals surface area contributed by atoms with Crippen LogP contribution in [-0.2, 0) is 11.3 Å². The molecule has 1 atom stereocenters. The summed E-state index contributed by atoms with van der Waals surface area (Å²) in [7, 11) is 0. The monoisotopic (exact) mass is 411 g/mol. The first-order chi connectivity index (χ1) is 14.2. The average molecular weight is 412 g/mol. The van der Waals surface area contributed by atoms with Crippen molar-refractivity contribution in [2.24, 2.45) is 0 Å². The van der Waals surface area contributed by atoms with Gasteiger partial charge < -0.3 is 14.2 Å². The van der Waals surface area contributed by atoms with Gasteiger partial charge in [0.25, 0.3) is 0 Å². The number of fused-ring (bicyclic) bond motifs is 1. The van der Waals surface area contributed by atoms with Gasteiger partial charge in [0.2, 0.25) is 5.91 Å². The molecule has 0 spiro atoms. The summed E-state index contributed by atoms with van der Waals surface area (Å²) >= 11 is 6.20. The number of benzene rings is 2. The summed E-state index contributed by atoms with van der Waals surface area (Å²) < 4.78 is 8.12. The molecule has 0 bridgehead atoms. The smallest absolute Gasteiger partial charge is 0.223 e. The molecule has 1 aliphatic rings. The number of para-hydroxylation sites is 3. The maximum atomic E-state index is 12.5. The fourth-order valence-corrected chi connectivity index (χ4v) is 4.15. The minimum Gasteiger partial charge on any atom is -0.490 e. The van der Waals surface area contributed by atoms with E-state index in [4.69, 9.17) is 21.3 Å². The number of imidazole rings is 1. The van der Waals surface area contributed by atoms with Gasteiger partial charge in [-0.15, -0.1) is 0 Å². The Morgan fingerprint density at radius 1 is 1.14 bits per heavy atom. The number of halogens is 1. The van der Waals surface area contributed by atoms with Gasteiger partial charge in [0.15, 0.2) is 0 Å². The highest BCUT2D eigenvalue weighted by atomic mass is 35.5. The maximum absolute atomic E-state index is 12.5. The van der Waals surface area contributed by atoms with E-state index in [0.717, 1.165) is 42.8 Å². The number of carbonyl (C=O) groups is 1. The summed E-state index contributed by atoms with van der Waals surface area (Å²) in [4.78, 5) is 19.4. The number of ether oxygens (including phenoxy) is 1. The topological polar surface area (TPSA) is 47.4 Å². The minimum atomic E-state index is 0.118. The van der Waals surface area contributed by atoms with E-state index in [9.17, 15) is 4.79 Å². The molecule has 1 saturated heterocycles. The molecule has 1 fully saturated rings. The molecule has 2 heterocycles. The molecule has 29 heavy (non-hydrogen) atoms. The Labute approximate surface area is 176 Å². The van der Waals surface area contributed by atoms with Crippen LogP contribution in [0.3, 0.4) is 0 Å². The van der Waals surface area contributed by atoms with Crippen molar-refractivity contribution in [1.29, 1.82) is 0 Å². The predicted molar refractivity (Wildman–Crippen MR) is 116 cm³/mol. The standard InChI is InChI=1S/C23H26ClN3O2/c1-2-3-12-26-16-17(15-22(26)28)23-25-19-9-5-6-10-20(19)27(23)13-14-29-21-11-7-4-8-18(21)24/h4-11,17H,2-3,12-16H2,1H3/t17-/m0/s1. The van der Waals surface area contributed by atoms with Crippen molar-refractivity contribution >= 4 is 28.5 Å². The van der Waals surface area contributed by atoms with E-state index in [0.29, 0.717) is 30.3 Å². The van der Waals surface area contributed by atoms with E-state index in [1.807, 2.05) is 47.4 Å². The number of carbonyl (C=O) groups excluding carboxylic acids is 1. The first kappa shape index (κ1) is 19.8. The molecule has 0 radical (unpaired) electrons. The Hall–Kier alpha value is -2.53. The van der Waals surface area contributed by atoms with Gasteiger partial charge in [-0.1, -0.05) is 49.2 Å².